The third-order valence-electron chi connectivity index (χ3n) is 21.8. The van der Waals surface area contributed by atoms with E-state index in [2.05, 4.69) is 259 Å². The van der Waals surface area contributed by atoms with Crippen molar-refractivity contribution in [3.8, 4) is 44.9 Å². The fourth-order valence-corrected chi connectivity index (χ4v) is 16.2. The molecule has 0 amide bonds. The summed E-state index contributed by atoms with van der Waals surface area (Å²) >= 11 is 0. The smallest absolute Gasteiger partial charge is 0.252 e. The van der Waals surface area contributed by atoms with Gasteiger partial charge < -0.3 is 9.13 Å². The van der Waals surface area contributed by atoms with Gasteiger partial charge in [0, 0.05) is 44.1 Å². The van der Waals surface area contributed by atoms with E-state index >= 15 is 0 Å². The first-order valence-electron chi connectivity index (χ1n) is 30.4. The summed E-state index contributed by atoms with van der Waals surface area (Å²) in [7, 11) is 0. The van der Waals surface area contributed by atoms with Gasteiger partial charge in [0.25, 0.3) is 6.71 Å². The van der Waals surface area contributed by atoms with E-state index in [1.165, 1.54) is 144 Å². The molecule has 80 heavy (non-hydrogen) atoms. The van der Waals surface area contributed by atoms with Gasteiger partial charge in [0.15, 0.2) is 0 Å². The molecule has 5 aliphatic rings. The molecule has 0 radical (unpaired) electrons. The van der Waals surface area contributed by atoms with Crippen LogP contribution in [0.3, 0.4) is 0 Å². The molecule has 3 heteroatoms. The van der Waals surface area contributed by atoms with Crippen LogP contribution >= 0.6 is 0 Å². The fraction of sp³-hybridized carbons (Fsp3) is 0.351. The summed E-state index contributed by atoms with van der Waals surface area (Å²) in [6, 6.07) is 57.1. The van der Waals surface area contributed by atoms with Crippen LogP contribution in [0, 0.1) is 0 Å². The third-order valence-corrected chi connectivity index (χ3v) is 21.8. The van der Waals surface area contributed by atoms with Gasteiger partial charge in [0.05, 0.1) is 16.6 Å². The quantitative estimate of drug-likeness (QED) is 0.147. The minimum atomic E-state index is -0.567. The molecule has 0 fully saturated rings. The van der Waals surface area contributed by atoms with Crippen molar-refractivity contribution < 1.29 is 0 Å². The zero-order valence-corrected chi connectivity index (χ0v) is 50.6. The zero-order valence-electron chi connectivity index (χ0n) is 50.6. The first kappa shape index (κ1) is 50.2. The van der Waals surface area contributed by atoms with Crippen molar-refractivity contribution in [2.24, 2.45) is 0 Å². The van der Waals surface area contributed by atoms with Crippen molar-refractivity contribution in [2.45, 2.75) is 174 Å². The average Bonchev–Trinajstić information content (AvgIpc) is 1.60. The van der Waals surface area contributed by atoms with Crippen LogP contribution < -0.4 is 16.4 Å². The maximum atomic E-state index is 2.85. The van der Waals surface area contributed by atoms with Crippen LogP contribution in [-0.4, -0.2) is 15.8 Å². The van der Waals surface area contributed by atoms with Gasteiger partial charge >= 0.3 is 0 Å². The highest BCUT2D eigenvalue weighted by atomic mass is 15.1. The molecule has 0 N–H and O–H groups in total. The molecule has 1 spiro atoms. The molecule has 0 atom stereocenters. The average molecular weight is 1040 g/mol. The van der Waals surface area contributed by atoms with Gasteiger partial charge in [-0.3, -0.25) is 0 Å². The molecule has 2 aliphatic carbocycles. The number of aromatic nitrogens is 2. The molecule has 2 aromatic heterocycles. The predicted molar refractivity (Wildman–Crippen MR) is 343 cm³/mol. The molecular weight excluding hydrogens is 964 g/mol. The van der Waals surface area contributed by atoms with E-state index < -0.39 is 5.41 Å². The summed E-state index contributed by atoms with van der Waals surface area (Å²) in [5, 5.41) is 4.18. The van der Waals surface area contributed by atoms with Crippen LogP contribution in [0.1, 0.15) is 192 Å². The van der Waals surface area contributed by atoms with E-state index in [1.54, 1.807) is 5.56 Å². The Morgan fingerprint density at radius 3 is 1.56 bits per heavy atom. The van der Waals surface area contributed by atoms with Gasteiger partial charge in [0.2, 0.25) is 0 Å². The van der Waals surface area contributed by atoms with Crippen LogP contribution in [0.15, 0.2) is 140 Å². The Morgan fingerprint density at radius 2 is 0.988 bits per heavy atom. The predicted octanol–water partition coefficient (Wildman–Crippen LogP) is 18.2. The van der Waals surface area contributed by atoms with Crippen molar-refractivity contribution in [3.05, 3.63) is 195 Å². The summed E-state index contributed by atoms with van der Waals surface area (Å²) in [5.41, 5.74) is 32.8. The number of hydrogen-bond donors (Lipinski definition) is 0. The lowest BCUT2D eigenvalue weighted by Crippen LogP contribution is -2.63. The standard InChI is InChI=1S/C77H79BN2/c1-17-73(9,10)48-39-52-53-40-49(74(11,12)18-2)42-60-68(53)80-67(52)59(41-48)77(55-25-21-19-23-50(55)51-24-20-22-26-56(51)77)57-35-36-61-64(70(57)80)78(60)65-63-58(75(13,14)37-38-76(63,15)16)43-54-62(44-27-31-46(32-28-44)71(3,4)5)66(79(61)69(54)65)45-29-33-47(34-30-45)72(6,7)8/h19-36,39-43H,17-18,37-38H2,1-16H3. The Morgan fingerprint density at radius 1 is 0.450 bits per heavy atom. The Labute approximate surface area is 476 Å². The second kappa shape index (κ2) is 15.8. The maximum absolute atomic E-state index is 2.85. The summed E-state index contributed by atoms with van der Waals surface area (Å²) in [5.74, 6) is 0. The lowest BCUT2D eigenvalue weighted by Gasteiger charge is -2.47. The van der Waals surface area contributed by atoms with Gasteiger partial charge in [-0.1, -0.05) is 226 Å². The minimum absolute atomic E-state index is 0.0182. The fourth-order valence-electron chi connectivity index (χ4n) is 16.2. The molecule has 0 saturated heterocycles. The molecule has 15 rings (SSSR count). The second-order valence-electron chi connectivity index (χ2n) is 30.0. The molecule has 3 aliphatic heterocycles. The van der Waals surface area contributed by atoms with E-state index in [1.807, 2.05) is 0 Å². The van der Waals surface area contributed by atoms with Crippen molar-refractivity contribution >= 4 is 55.8 Å². The van der Waals surface area contributed by atoms with Crippen LogP contribution in [0.4, 0.5) is 0 Å². The van der Waals surface area contributed by atoms with E-state index in [9.17, 15) is 0 Å². The van der Waals surface area contributed by atoms with Gasteiger partial charge in [-0.2, -0.15) is 0 Å². The largest absolute Gasteiger partial charge is 0.310 e. The number of fused-ring (bicyclic) bond motifs is 13. The maximum Gasteiger partial charge on any atom is 0.252 e. The SMILES string of the molecule is CCC(C)(C)c1cc2c3c(c1)c1cc(C(C)(C)CC)cc4c1n3-c1c(ccc3c1B2c1c2c(cc5c(-c6ccc(C(C)(C)C)cc6)c(-c6ccc(C(C)(C)C)cc6)n-3c15)C(C)(C)CCC2(C)C)C41c2ccccc2-c2ccccc21. The highest BCUT2D eigenvalue weighted by Gasteiger charge is 2.56. The van der Waals surface area contributed by atoms with Crippen LogP contribution in [0.5, 0.6) is 0 Å². The van der Waals surface area contributed by atoms with E-state index in [0.717, 1.165) is 25.7 Å². The summed E-state index contributed by atoms with van der Waals surface area (Å²) in [6.07, 6.45) is 4.37. The normalized spacial score (nSPS) is 16.8. The molecule has 8 aromatic carbocycles. The van der Waals surface area contributed by atoms with E-state index in [0.29, 0.717) is 0 Å². The third kappa shape index (κ3) is 6.23. The molecule has 400 valence electrons. The summed E-state index contributed by atoms with van der Waals surface area (Å²) in [6.45, 7) is 39.0. The van der Waals surface area contributed by atoms with Crippen LogP contribution in [0.2, 0.25) is 0 Å². The molecule has 0 bridgehead atoms. The highest BCUT2D eigenvalue weighted by molar-refractivity contribution is 7.00. The van der Waals surface area contributed by atoms with Gasteiger partial charge in [-0.15, -0.1) is 0 Å². The Bertz CT molecular complexity index is 4330. The topological polar surface area (TPSA) is 9.86 Å². The molecule has 0 unspecified atom stereocenters. The van der Waals surface area contributed by atoms with Crippen molar-refractivity contribution in [1.29, 1.82) is 0 Å². The van der Waals surface area contributed by atoms with Crippen molar-refractivity contribution in [1.82, 2.24) is 9.13 Å². The monoisotopic (exact) mass is 1040 g/mol. The second-order valence-corrected chi connectivity index (χ2v) is 30.0. The lowest BCUT2D eigenvalue weighted by atomic mass is 9.31. The Kier molecular flexibility index (Phi) is 9.89. The van der Waals surface area contributed by atoms with Crippen molar-refractivity contribution in [2.75, 3.05) is 0 Å². The molecule has 5 heterocycles. The van der Waals surface area contributed by atoms with Crippen LogP contribution in [-0.2, 0) is 37.9 Å². The number of benzene rings is 8. The molecule has 2 nitrogen and oxygen atoms in total. The van der Waals surface area contributed by atoms with Crippen LogP contribution in [0.25, 0.3) is 77.6 Å². The first-order chi connectivity index (χ1) is 37.8. The number of rotatable bonds is 6. The number of hydrogen-bond acceptors (Lipinski definition) is 0. The van der Waals surface area contributed by atoms with E-state index in [-0.39, 0.29) is 39.2 Å². The van der Waals surface area contributed by atoms with Gasteiger partial charge in [-0.25, -0.2) is 0 Å². The Balaban J connectivity index is 1.22. The van der Waals surface area contributed by atoms with Crippen molar-refractivity contribution in [3.63, 3.8) is 0 Å². The molecule has 10 aromatic rings. The zero-order chi connectivity index (χ0) is 55.9. The van der Waals surface area contributed by atoms with Gasteiger partial charge in [-0.05, 0) is 177 Å². The molecular formula is C77H79BN2. The summed E-state index contributed by atoms with van der Waals surface area (Å²) < 4.78 is 5.67. The van der Waals surface area contributed by atoms with Gasteiger partial charge in [0.1, 0.15) is 0 Å². The lowest BCUT2D eigenvalue weighted by molar-refractivity contribution is 0.334. The minimum Gasteiger partial charge on any atom is -0.310 e. The summed E-state index contributed by atoms with van der Waals surface area (Å²) in [4.78, 5) is 0. The highest BCUT2D eigenvalue weighted by Crippen LogP contribution is 2.63. The molecule has 0 saturated carbocycles. The first-order valence-corrected chi connectivity index (χ1v) is 30.4. The van der Waals surface area contributed by atoms with E-state index in [4.69, 9.17) is 0 Å². The number of nitrogens with zero attached hydrogens (tertiary/aromatic N) is 2. The Hall–Kier alpha value is -6.84.